The lowest BCUT2D eigenvalue weighted by Crippen LogP contribution is -2.10. The van der Waals surface area contributed by atoms with Crippen LogP contribution in [0.1, 0.15) is 26.2 Å². The highest BCUT2D eigenvalue weighted by Crippen LogP contribution is 2.29. The Morgan fingerprint density at radius 1 is 1.31 bits per heavy atom. The van der Waals surface area contributed by atoms with Gasteiger partial charge in [-0.15, -0.1) is 10.2 Å². The predicted molar refractivity (Wildman–Crippen MR) is 70.1 cm³/mol. The second-order valence-electron chi connectivity index (χ2n) is 3.10. The molecular formula is C9H15N3OS3. The van der Waals surface area contributed by atoms with E-state index < -0.39 is 0 Å². The van der Waals surface area contributed by atoms with Crippen molar-refractivity contribution in [2.75, 3.05) is 11.5 Å². The van der Waals surface area contributed by atoms with Gasteiger partial charge in [-0.05, 0) is 6.42 Å². The first-order chi connectivity index (χ1) is 7.72. The fourth-order valence-electron chi connectivity index (χ4n) is 0.857. The molecule has 0 aliphatic carbocycles. The molecule has 0 bridgehead atoms. The van der Waals surface area contributed by atoms with E-state index in [4.69, 9.17) is 5.73 Å². The van der Waals surface area contributed by atoms with Gasteiger partial charge in [0.15, 0.2) is 8.68 Å². The predicted octanol–water partition coefficient (Wildman–Crippen LogP) is 2.40. The molecule has 0 radical (unpaired) electrons. The number of carbonyl (C=O) groups excluding carboxylic acids is 1. The van der Waals surface area contributed by atoms with Gasteiger partial charge in [-0.2, -0.15) is 0 Å². The summed E-state index contributed by atoms with van der Waals surface area (Å²) in [5, 5.41) is 8.13. The smallest absolute Gasteiger partial charge is 0.218 e. The minimum Gasteiger partial charge on any atom is -0.370 e. The van der Waals surface area contributed by atoms with Crippen molar-refractivity contribution in [3.63, 3.8) is 0 Å². The van der Waals surface area contributed by atoms with E-state index in [1.54, 1.807) is 23.1 Å². The van der Waals surface area contributed by atoms with E-state index in [0.29, 0.717) is 12.2 Å². The molecule has 0 fully saturated rings. The third kappa shape index (κ3) is 5.72. The Morgan fingerprint density at radius 3 is 2.50 bits per heavy atom. The number of amides is 1. The average Bonchev–Trinajstić information content (AvgIpc) is 2.66. The molecule has 90 valence electrons. The first-order valence-electron chi connectivity index (χ1n) is 5.09. The van der Waals surface area contributed by atoms with Crippen molar-refractivity contribution in [2.45, 2.75) is 34.9 Å². The fourth-order valence-corrected chi connectivity index (χ4v) is 4.06. The number of unbranched alkanes of at least 4 members (excludes halogenated alkanes) is 1. The Labute approximate surface area is 108 Å². The fraction of sp³-hybridized carbons (Fsp3) is 0.667. The molecule has 0 saturated heterocycles. The molecule has 2 N–H and O–H groups in total. The van der Waals surface area contributed by atoms with Gasteiger partial charge in [0, 0.05) is 17.9 Å². The Morgan fingerprint density at radius 2 is 1.94 bits per heavy atom. The second kappa shape index (κ2) is 7.92. The summed E-state index contributed by atoms with van der Waals surface area (Å²) >= 11 is 4.87. The molecule has 4 nitrogen and oxygen atoms in total. The summed E-state index contributed by atoms with van der Waals surface area (Å²) in [5.74, 6) is 1.51. The number of rotatable bonds is 8. The van der Waals surface area contributed by atoms with Crippen LogP contribution in [0.2, 0.25) is 0 Å². The van der Waals surface area contributed by atoms with Crippen LogP contribution >= 0.6 is 34.9 Å². The molecule has 1 aromatic heterocycles. The van der Waals surface area contributed by atoms with Crippen molar-refractivity contribution < 1.29 is 4.79 Å². The van der Waals surface area contributed by atoms with Crippen molar-refractivity contribution in [1.82, 2.24) is 10.2 Å². The zero-order chi connectivity index (χ0) is 11.8. The highest BCUT2D eigenvalue weighted by atomic mass is 32.2. The van der Waals surface area contributed by atoms with Crippen molar-refractivity contribution in [2.24, 2.45) is 5.73 Å². The molecule has 0 saturated carbocycles. The monoisotopic (exact) mass is 277 g/mol. The van der Waals surface area contributed by atoms with Gasteiger partial charge in [-0.3, -0.25) is 4.79 Å². The van der Waals surface area contributed by atoms with Gasteiger partial charge in [-0.25, -0.2) is 0 Å². The van der Waals surface area contributed by atoms with Crippen molar-refractivity contribution >= 4 is 40.8 Å². The lowest BCUT2D eigenvalue weighted by atomic mass is 10.4. The van der Waals surface area contributed by atoms with Gasteiger partial charge in [0.25, 0.3) is 0 Å². The van der Waals surface area contributed by atoms with E-state index in [0.717, 1.165) is 14.4 Å². The molecule has 0 aromatic carbocycles. The molecule has 1 rings (SSSR count). The number of thioether (sulfide) groups is 2. The zero-order valence-electron chi connectivity index (χ0n) is 9.14. The van der Waals surface area contributed by atoms with Crippen LogP contribution < -0.4 is 5.73 Å². The van der Waals surface area contributed by atoms with Crippen LogP contribution in [0.25, 0.3) is 0 Å². The van der Waals surface area contributed by atoms with Crippen LogP contribution in [0.5, 0.6) is 0 Å². The number of aromatic nitrogens is 2. The second-order valence-corrected chi connectivity index (χ2v) is 6.76. The summed E-state index contributed by atoms with van der Waals surface area (Å²) in [7, 11) is 0. The number of nitrogens with zero attached hydrogens (tertiary/aromatic N) is 2. The molecule has 0 unspecified atom stereocenters. The molecule has 0 aliphatic rings. The van der Waals surface area contributed by atoms with Gasteiger partial charge in [0.2, 0.25) is 5.91 Å². The van der Waals surface area contributed by atoms with Crippen molar-refractivity contribution in [3.8, 4) is 0 Å². The maximum absolute atomic E-state index is 10.5. The molecule has 7 heteroatoms. The topological polar surface area (TPSA) is 68.9 Å². The summed E-state index contributed by atoms with van der Waals surface area (Å²) in [5.41, 5.74) is 5.05. The molecule has 0 spiro atoms. The maximum atomic E-state index is 10.5. The quantitative estimate of drug-likeness (QED) is 0.583. The molecule has 1 heterocycles. The molecule has 16 heavy (non-hydrogen) atoms. The van der Waals surface area contributed by atoms with Crippen molar-refractivity contribution in [1.29, 1.82) is 0 Å². The van der Waals surface area contributed by atoms with E-state index in [1.165, 1.54) is 24.6 Å². The largest absolute Gasteiger partial charge is 0.370 e. The van der Waals surface area contributed by atoms with E-state index in [-0.39, 0.29) is 5.91 Å². The molecule has 1 amide bonds. The van der Waals surface area contributed by atoms with Gasteiger partial charge in [0.1, 0.15) is 0 Å². The van der Waals surface area contributed by atoms with E-state index in [1.807, 2.05) is 0 Å². The Kier molecular flexibility index (Phi) is 6.82. The number of hydrogen-bond acceptors (Lipinski definition) is 6. The molecule has 0 atom stereocenters. The molecule has 0 aliphatic heterocycles. The number of nitrogens with two attached hydrogens (primary N) is 1. The Hall–Kier alpha value is -0.270. The first-order valence-corrected chi connectivity index (χ1v) is 7.88. The van der Waals surface area contributed by atoms with E-state index in [2.05, 4.69) is 17.1 Å². The SMILES string of the molecule is CCCCSc1nnc(SCCC(N)=O)s1. The van der Waals surface area contributed by atoms with E-state index in [9.17, 15) is 4.79 Å². The highest BCUT2D eigenvalue weighted by Gasteiger charge is 2.05. The molecule has 1 aromatic rings. The van der Waals surface area contributed by atoms with Crippen LogP contribution in [0, 0.1) is 0 Å². The summed E-state index contributed by atoms with van der Waals surface area (Å²) in [6.45, 7) is 2.17. The first kappa shape index (κ1) is 13.8. The van der Waals surface area contributed by atoms with Gasteiger partial charge < -0.3 is 5.73 Å². The summed E-state index contributed by atoms with van der Waals surface area (Å²) in [4.78, 5) is 10.5. The van der Waals surface area contributed by atoms with Crippen LogP contribution in [0.15, 0.2) is 8.68 Å². The lowest BCUT2D eigenvalue weighted by Gasteiger charge is -1.93. The molecular weight excluding hydrogens is 262 g/mol. The minimum atomic E-state index is -0.269. The number of hydrogen-bond donors (Lipinski definition) is 1. The van der Waals surface area contributed by atoms with Gasteiger partial charge in [-0.1, -0.05) is 48.2 Å². The lowest BCUT2D eigenvalue weighted by molar-refractivity contribution is -0.117. The number of primary amides is 1. The van der Waals surface area contributed by atoms with Crippen LogP contribution in [-0.2, 0) is 4.79 Å². The standard InChI is InChI=1S/C9H15N3OS3/c1-2-3-5-14-8-11-12-9(16-8)15-6-4-7(10)13/h2-6H2,1H3,(H2,10,13). The summed E-state index contributed by atoms with van der Waals surface area (Å²) in [6.07, 6.45) is 2.79. The normalized spacial score (nSPS) is 10.6. The van der Waals surface area contributed by atoms with Crippen LogP contribution in [0.3, 0.4) is 0 Å². The average molecular weight is 277 g/mol. The zero-order valence-corrected chi connectivity index (χ0v) is 11.6. The third-order valence-corrected chi connectivity index (χ3v) is 4.96. The minimum absolute atomic E-state index is 0.269. The number of carbonyl (C=O) groups is 1. The van der Waals surface area contributed by atoms with Gasteiger partial charge >= 0.3 is 0 Å². The van der Waals surface area contributed by atoms with Crippen LogP contribution in [-0.4, -0.2) is 27.6 Å². The Bertz CT molecular complexity index is 330. The van der Waals surface area contributed by atoms with Gasteiger partial charge in [0.05, 0.1) is 0 Å². The summed E-state index contributed by atoms with van der Waals surface area (Å²) in [6, 6.07) is 0. The van der Waals surface area contributed by atoms with Crippen LogP contribution in [0.4, 0.5) is 0 Å². The van der Waals surface area contributed by atoms with Crippen molar-refractivity contribution in [3.05, 3.63) is 0 Å². The Balaban J connectivity index is 2.25. The van der Waals surface area contributed by atoms with E-state index >= 15 is 0 Å². The maximum Gasteiger partial charge on any atom is 0.218 e. The highest BCUT2D eigenvalue weighted by molar-refractivity contribution is 8.03. The third-order valence-electron chi connectivity index (χ3n) is 1.69. The summed E-state index contributed by atoms with van der Waals surface area (Å²) < 4.78 is 1.93.